The van der Waals surface area contributed by atoms with Crippen LogP contribution in [0.25, 0.3) is 0 Å². The second-order valence-corrected chi connectivity index (χ2v) is 7.84. The van der Waals surface area contributed by atoms with E-state index in [1.165, 1.54) is 11.3 Å². The van der Waals surface area contributed by atoms with Gasteiger partial charge in [0, 0.05) is 25.2 Å². The molecule has 1 aromatic heterocycles. The summed E-state index contributed by atoms with van der Waals surface area (Å²) in [6.07, 6.45) is 1.44. The number of nitrogens with one attached hydrogen (secondary N) is 1. The van der Waals surface area contributed by atoms with Gasteiger partial charge in [0.1, 0.15) is 5.75 Å². The van der Waals surface area contributed by atoms with Crippen LogP contribution in [-0.2, 0) is 11.3 Å². The molecule has 6 nitrogen and oxygen atoms in total. The van der Waals surface area contributed by atoms with Gasteiger partial charge in [0.15, 0.2) is 0 Å². The number of carbonyl (C=O) groups excluding carboxylic acids is 3. The molecule has 0 bridgehead atoms. The van der Waals surface area contributed by atoms with E-state index < -0.39 is 5.97 Å². The zero-order valence-corrected chi connectivity index (χ0v) is 17.0. The predicted octanol–water partition coefficient (Wildman–Crippen LogP) is 4.02. The summed E-state index contributed by atoms with van der Waals surface area (Å²) in [5.41, 5.74) is 2.12. The number of carbonyl (C=O) groups is 3. The maximum atomic E-state index is 12.4. The van der Waals surface area contributed by atoms with Crippen molar-refractivity contribution >= 4 is 34.8 Å². The Bertz CT molecular complexity index is 1040. The average Bonchev–Trinajstić information content (AvgIpc) is 3.45. The second-order valence-electron chi connectivity index (χ2n) is 6.89. The summed E-state index contributed by atoms with van der Waals surface area (Å²) < 4.78 is 5.42. The van der Waals surface area contributed by atoms with Gasteiger partial charge < -0.3 is 15.0 Å². The van der Waals surface area contributed by atoms with Crippen LogP contribution in [0.4, 0.5) is 5.69 Å². The Morgan fingerprint density at radius 2 is 1.80 bits per heavy atom. The van der Waals surface area contributed by atoms with Crippen molar-refractivity contribution in [1.29, 1.82) is 0 Å². The molecule has 152 valence electrons. The molecule has 1 aliphatic rings. The van der Waals surface area contributed by atoms with E-state index in [1.807, 2.05) is 11.4 Å². The predicted molar refractivity (Wildman–Crippen MR) is 115 cm³/mol. The van der Waals surface area contributed by atoms with E-state index in [-0.39, 0.29) is 11.8 Å². The lowest BCUT2D eigenvalue weighted by molar-refractivity contribution is -0.117. The molecular formula is C23H20N2O4S. The molecule has 7 heteroatoms. The smallest absolute Gasteiger partial charge is 0.343 e. The summed E-state index contributed by atoms with van der Waals surface area (Å²) in [4.78, 5) is 38.6. The fourth-order valence-electron chi connectivity index (χ4n) is 3.22. The Morgan fingerprint density at radius 1 is 1.03 bits per heavy atom. The number of anilines is 1. The van der Waals surface area contributed by atoms with Crippen LogP contribution in [0.2, 0.25) is 0 Å². The first-order valence-electron chi connectivity index (χ1n) is 9.63. The van der Waals surface area contributed by atoms with Crippen LogP contribution < -0.4 is 15.0 Å². The number of rotatable bonds is 6. The Labute approximate surface area is 178 Å². The molecule has 1 saturated heterocycles. The van der Waals surface area contributed by atoms with Gasteiger partial charge in [-0.1, -0.05) is 18.2 Å². The van der Waals surface area contributed by atoms with Crippen molar-refractivity contribution in [3.8, 4) is 5.75 Å². The lowest BCUT2D eigenvalue weighted by Crippen LogP contribution is -2.23. The van der Waals surface area contributed by atoms with Gasteiger partial charge >= 0.3 is 5.97 Å². The molecule has 0 spiro atoms. The zero-order chi connectivity index (χ0) is 20.9. The number of amides is 2. The third-order valence-electron chi connectivity index (χ3n) is 4.82. The molecule has 30 heavy (non-hydrogen) atoms. The van der Waals surface area contributed by atoms with E-state index in [0.717, 1.165) is 24.2 Å². The lowest BCUT2D eigenvalue weighted by Gasteiger charge is -2.15. The Kier molecular flexibility index (Phi) is 5.90. The van der Waals surface area contributed by atoms with Gasteiger partial charge in [0.05, 0.1) is 10.4 Å². The number of benzene rings is 2. The van der Waals surface area contributed by atoms with Gasteiger partial charge in [-0.2, -0.15) is 0 Å². The first-order chi connectivity index (χ1) is 14.6. The topological polar surface area (TPSA) is 75.7 Å². The minimum atomic E-state index is -0.464. The fraction of sp³-hybridized carbons (Fsp3) is 0.174. The molecule has 4 rings (SSSR count). The molecule has 0 radical (unpaired) electrons. The number of nitrogens with zero attached hydrogens (tertiary/aromatic N) is 1. The highest BCUT2D eigenvalue weighted by atomic mass is 32.1. The van der Waals surface area contributed by atoms with E-state index in [2.05, 4.69) is 5.32 Å². The van der Waals surface area contributed by atoms with Crippen molar-refractivity contribution in [2.24, 2.45) is 0 Å². The van der Waals surface area contributed by atoms with Gasteiger partial charge in [0.2, 0.25) is 5.91 Å². The summed E-state index contributed by atoms with van der Waals surface area (Å²) in [5, 5.41) is 4.70. The number of hydrogen-bond donors (Lipinski definition) is 1. The van der Waals surface area contributed by atoms with Crippen molar-refractivity contribution in [3.63, 3.8) is 0 Å². The average molecular weight is 420 g/mol. The van der Waals surface area contributed by atoms with Crippen LogP contribution >= 0.6 is 11.3 Å². The molecule has 1 aliphatic heterocycles. The maximum absolute atomic E-state index is 12.4. The fourth-order valence-corrected chi connectivity index (χ4v) is 3.86. The van der Waals surface area contributed by atoms with Crippen molar-refractivity contribution in [2.75, 3.05) is 11.4 Å². The largest absolute Gasteiger partial charge is 0.423 e. The molecule has 2 aromatic carbocycles. The van der Waals surface area contributed by atoms with E-state index in [0.29, 0.717) is 29.2 Å². The quantitative estimate of drug-likeness (QED) is 0.483. The Balaban J connectivity index is 1.32. The number of esters is 1. The highest BCUT2D eigenvalue weighted by Crippen LogP contribution is 2.24. The molecule has 0 unspecified atom stereocenters. The number of hydrogen-bond acceptors (Lipinski definition) is 5. The van der Waals surface area contributed by atoms with Crippen molar-refractivity contribution in [2.45, 2.75) is 19.4 Å². The first-order valence-corrected chi connectivity index (χ1v) is 10.5. The highest BCUT2D eigenvalue weighted by Gasteiger charge is 2.21. The van der Waals surface area contributed by atoms with Crippen LogP contribution in [0, 0.1) is 0 Å². The van der Waals surface area contributed by atoms with Crippen LogP contribution in [-0.4, -0.2) is 24.3 Å². The second kappa shape index (κ2) is 8.92. The highest BCUT2D eigenvalue weighted by molar-refractivity contribution is 7.12. The minimum Gasteiger partial charge on any atom is -0.423 e. The van der Waals surface area contributed by atoms with Gasteiger partial charge in [0.25, 0.3) is 5.91 Å². The summed E-state index contributed by atoms with van der Waals surface area (Å²) >= 11 is 1.39. The molecular weight excluding hydrogens is 400 g/mol. The Morgan fingerprint density at radius 3 is 2.43 bits per heavy atom. The number of thiophene rings is 1. The van der Waals surface area contributed by atoms with E-state index >= 15 is 0 Å². The maximum Gasteiger partial charge on any atom is 0.343 e. The van der Waals surface area contributed by atoms with Crippen molar-refractivity contribution < 1.29 is 19.1 Å². The molecule has 2 amide bonds. The van der Waals surface area contributed by atoms with E-state index in [1.54, 1.807) is 59.5 Å². The van der Waals surface area contributed by atoms with E-state index in [9.17, 15) is 14.4 Å². The monoisotopic (exact) mass is 420 g/mol. The van der Waals surface area contributed by atoms with Crippen LogP contribution in [0.3, 0.4) is 0 Å². The van der Waals surface area contributed by atoms with Crippen molar-refractivity contribution in [3.05, 3.63) is 82.0 Å². The minimum absolute atomic E-state index is 0.117. The van der Waals surface area contributed by atoms with Crippen LogP contribution in [0.1, 0.15) is 38.4 Å². The Hall–Kier alpha value is -3.45. The standard InChI is InChI=1S/C23H20N2O4S/c26-21-4-1-13-25(21)18-9-11-19(12-10-18)29-23(28)17-7-5-16(6-8-17)15-24-22(27)20-3-2-14-30-20/h2-3,5-12,14H,1,4,13,15H2,(H,24,27). The molecule has 0 atom stereocenters. The summed E-state index contributed by atoms with van der Waals surface area (Å²) in [6.45, 7) is 1.10. The number of ether oxygens (including phenoxy) is 1. The molecule has 0 saturated carbocycles. The molecule has 0 aliphatic carbocycles. The van der Waals surface area contributed by atoms with Gasteiger partial charge in [-0.25, -0.2) is 4.79 Å². The van der Waals surface area contributed by atoms with Gasteiger partial charge in [-0.15, -0.1) is 11.3 Å². The van der Waals surface area contributed by atoms with Crippen molar-refractivity contribution in [1.82, 2.24) is 5.32 Å². The zero-order valence-electron chi connectivity index (χ0n) is 16.2. The van der Waals surface area contributed by atoms with Gasteiger partial charge in [-0.05, 0) is 59.8 Å². The summed E-state index contributed by atoms with van der Waals surface area (Å²) in [7, 11) is 0. The first kappa shape index (κ1) is 19.8. The molecule has 1 N–H and O–H groups in total. The molecule has 2 heterocycles. The summed E-state index contributed by atoms with van der Waals surface area (Å²) in [5.74, 6) is -0.0455. The third-order valence-corrected chi connectivity index (χ3v) is 5.69. The van der Waals surface area contributed by atoms with Gasteiger partial charge in [-0.3, -0.25) is 9.59 Å². The lowest BCUT2D eigenvalue weighted by atomic mass is 10.1. The summed E-state index contributed by atoms with van der Waals surface area (Å²) in [6, 6.07) is 17.5. The molecule has 1 fully saturated rings. The van der Waals surface area contributed by atoms with Crippen LogP contribution in [0.15, 0.2) is 66.0 Å². The normalized spacial score (nSPS) is 13.3. The molecule has 3 aromatic rings. The SMILES string of the molecule is O=C(Oc1ccc(N2CCCC2=O)cc1)c1ccc(CNC(=O)c2cccs2)cc1. The van der Waals surface area contributed by atoms with Crippen LogP contribution in [0.5, 0.6) is 5.75 Å². The third kappa shape index (κ3) is 4.58. The van der Waals surface area contributed by atoms with E-state index in [4.69, 9.17) is 4.74 Å².